The molecule has 1 heterocycles. The van der Waals surface area contributed by atoms with Crippen LogP contribution in [0.15, 0.2) is 24.3 Å². The van der Waals surface area contributed by atoms with Gasteiger partial charge < -0.3 is 10.6 Å². The Kier molecular flexibility index (Phi) is 6.63. The first-order valence-corrected chi connectivity index (χ1v) is 6.82. The molecule has 2 N–H and O–H groups in total. The highest BCUT2D eigenvalue weighted by atomic mass is 35.5. The number of amides is 1. The number of carbonyl (C=O) groups excluding carboxylic acids is 1. The monoisotopic (exact) mass is 302 g/mol. The Morgan fingerprint density at radius 2 is 2.21 bits per heavy atom. The minimum atomic E-state index is -0.0846. The molecule has 0 aromatic heterocycles. The number of carbonyl (C=O) groups is 1. The van der Waals surface area contributed by atoms with E-state index in [2.05, 4.69) is 17.6 Å². The average Bonchev–Trinajstić information content (AvgIpc) is 2.40. The number of rotatable bonds is 3. The molecule has 0 aliphatic carbocycles. The Balaban J connectivity index is 0.00000180. The predicted octanol–water partition coefficient (Wildman–Crippen LogP) is 2.88. The smallest absolute Gasteiger partial charge is 0.253 e. The summed E-state index contributed by atoms with van der Waals surface area (Å²) in [5.41, 5.74) is 0.551. The lowest BCUT2D eigenvalue weighted by atomic mass is 9.92. The highest BCUT2D eigenvalue weighted by Gasteiger charge is 2.22. The Bertz CT molecular complexity index is 420. The number of nitrogens with one attached hydrogen (secondary N) is 2. The van der Waals surface area contributed by atoms with Crippen molar-refractivity contribution in [2.24, 2.45) is 5.92 Å². The van der Waals surface area contributed by atoms with Crippen LogP contribution >= 0.6 is 24.0 Å². The molecule has 1 amide bonds. The average molecular weight is 303 g/mol. The summed E-state index contributed by atoms with van der Waals surface area (Å²) < 4.78 is 0. The fourth-order valence-corrected chi connectivity index (χ4v) is 2.57. The molecule has 1 aliphatic rings. The molecule has 5 heteroatoms. The minimum absolute atomic E-state index is 0. The maximum atomic E-state index is 12.1. The highest BCUT2D eigenvalue weighted by molar-refractivity contribution is 6.33. The third-order valence-electron chi connectivity index (χ3n) is 3.52. The lowest BCUT2D eigenvalue weighted by Crippen LogP contribution is -2.44. The van der Waals surface area contributed by atoms with E-state index in [0.717, 1.165) is 19.5 Å². The topological polar surface area (TPSA) is 41.1 Å². The first-order chi connectivity index (χ1) is 8.68. The fraction of sp³-hybridized carbons (Fsp3) is 0.500. The van der Waals surface area contributed by atoms with Crippen LogP contribution in [0.1, 0.15) is 30.1 Å². The van der Waals surface area contributed by atoms with E-state index in [4.69, 9.17) is 11.6 Å². The van der Waals surface area contributed by atoms with E-state index >= 15 is 0 Å². The quantitative estimate of drug-likeness (QED) is 0.901. The van der Waals surface area contributed by atoms with Gasteiger partial charge in [-0.1, -0.05) is 23.7 Å². The number of halogens is 2. The van der Waals surface area contributed by atoms with E-state index in [1.54, 1.807) is 12.1 Å². The summed E-state index contributed by atoms with van der Waals surface area (Å²) in [6.45, 7) is 4.12. The van der Waals surface area contributed by atoms with E-state index in [1.165, 1.54) is 6.42 Å². The van der Waals surface area contributed by atoms with Crippen LogP contribution in [0, 0.1) is 5.92 Å². The van der Waals surface area contributed by atoms with E-state index < -0.39 is 0 Å². The third kappa shape index (κ3) is 4.37. The molecule has 0 radical (unpaired) electrons. The Morgan fingerprint density at radius 3 is 2.84 bits per heavy atom. The van der Waals surface area contributed by atoms with Crippen LogP contribution in [-0.2, 0) is 0 Å². The normalized spacial score (nSPS) is 20.2. The van der Waals surface area contributed by atoms with Crippen molar-refractivity contribution in [1.82, 2.24) is 10.6 Å². The molecular formula is C14H20Cl2N2O. The zero-order valence-electron chi connectivity index (χ0n) is 11.0. The second kappa shape index (κ2) is 7.73. The maximum absolute atomic E-state index is 12.1. The molecule has 2 unspecified atom stereocenters. The van der Waals surface area contributed by atoms with Crippen LogP contribution in [0.2, 0.25) is 5.02 Å². The van der Waals surface area contributed by atoms with Crippen molar-refractivity contribution < 1.29 is 4.79 Å². The zero-order valence-corrected chi connectivity index (χ0v) is 12.6. The van der Waals surface area contributed by atoms with Crippen molar-refractivity contribution in [3.8, 4) is 0 Å². The number of hydrogen-bond donors (Lipinski definition) is 2. The molecule has 1 aromatic carbocycles. The third-order valence-corrected chi connectivity index (χ3v) is 3.85. The van der Waals surface area contributed by atoms with Crippen LogP contribution in [0.3, 0.4) is 0 Å². The zero-order chi connectivity index (χ0) is 13.0. The summed E-state index contributed by atoms with van der Waals surface area (Å²) in [5.74, 6) is 0.420. The summed E-state index contributed by atoms with van der Waals surface area (Å²) in [6, 6.07) is 7.31. The standard InChI is InChI=1S/C14H19ClN2O.ClH/c1-10(11-5-4-8-16-9-11)17-14(18)12-6-2-3-7-13(12)15;/h2-3,6-7,10-11,16H,4-5,8-9H2,1H3,(H,17,18);1H. The molecule has 1 aromatic rings. The molecule has 2 atom stereocenters. The Morgan fingerprint density at radius 1 is 1.47 bits per heavy atom. The Labute approximate surface area is 125 Å². The van der Waals surface area contributed by atoms with Gasteiger partial charge in [0.05, 0.1) is 10.6 Å². The SMILES string of the molecule is CC(NC(=O)c1ccccc1Cl)C1CCCNC1.Cl. The molecule has 3 nitrogen and oxygen atoms in total. The van der Waals surface area contributed by atoms with E-state index in [1.807, 2.05) is 12.1 Å². The molecule has 1 saturated heterocycles. The Hall–Kier alpha value is -0.770. The van der Waals surface area contributed by atoms with Crippen LogP contribution in [-0.4, -0.2) is 25.0 Å². The van der Waals surface area contributed by atoms with Gasteiger partial charge in [-0.3, -0.25) is 4.79 Å². The molecule has 0 spiro atoms. The van der Waals surface area contributed by atoms with Crippen molar-refractivity contribution in [3.63, 3.8) is 0 Å². The van der Waals surface area contributed by atoms with Crippen LogP contribution in [0.4, 0.5) is 0 Å². The van der Waals surface area contributed by atoms with Gasteiger partial charge >= 0.3 is 0 Å². The largest absolute Gasteiger partial charge is 0.349 e. The number of piperidine rings is 1. The fourth-order valence-electron chi connectivity index (χ4n) is 2.35. The summed E-state index contributed by atoms with van der Waals surface area (Å²) in [6.07, 6.45) is 2.34. The lowest BCUT2D eigenvalue weighted by molar-refractivity contribution is 0.0922. The van der Waals surface area contributed by atoms with Gasteiger partial charge in [0.1, 0.15) is 0 Å². The maximum Gasteiger partial charge on any atom is 0.253 e. The van der Waals surface area contributed by atoms with Crippen molar-refractivity contribution >= 4 is 29.9 Å². The van der Waals surface area contributed by atoms with Gasteiger partial charge in [0.25, 0.3) is 5.91 Å². The first kappa shape index (κ1) is 16.3. The van der Waals surface area contributed by atoms with Crippen LogP contribution in [0.25, 0.3) is 0 Å². The summed E-state index contributed by atoms with van der Waals surface area (Å²) in [7, 11) is 0. The van der Waals surface area contributed by atoms with Gasteiger partial charge in [-0.25, -0.2) is 0 Å². The van der Waals surface area contributed by atoms with Crippen molar-refractivity contribution in [1.29, 1.82) is 0 Å². The molecule has 0 saturated carbocycles. The van der Waals surface area contributed by atoms with Gasteiger partial charge in [0.2, 0.25) is 0 Å². The van der Waals surface area contributed by atoms with Gasteiger partial charge in [0, 0.05) is 6.04 Å². The number of hydrogen-bond acceptors (Lipinski definition) is 2. The van der Waals surface area contributed by atoms with Crippen molar-refractivity contribution in [3.05, 3.63) is 34.9 Å². The molecule has 106 valence electrons. The van der Waals surface area contributed by atoms with Gasteiger partial charge in [-0.15, -0.1) is 12.4 Å². The molecule has 1 aliphatic heterocycles. The molecular weight excluding hydrogens is 283 g/mol. The van der Waals surface area contributed by atoms with E-state index in [9.17, 15) is 4.79 Å². The van der Waals surface area contributed by atoms with E-state index in [-0.39, 0.29) is 24.4 Å². The van der Waals surface area contributed by atoms with Crippen molar-refractivity contribution in [2.75, 3.05) is 13.1 Å². The molecule has 0 bridgehead atoms. The number of benzene rings is 1. The summed E-state index contributed by atoms with van der Waals surface area (Å²) >= 11 is 6.02. The summed E-state index contributed by atoms with van der Waals surface area (Å²) in [5, 5.41) is 6.91. The van der Waals surface area contributed by atoms with Crippen LogP contribution in [0.5, 0.6) is 0 Å². The highest BCUT2D eigenvalue weighted by Crippen LogP contribution is 2.17. The first-order valence-electron chi connectivity index (χ1n) is 6.44. The minimum Gasteiger partial charge on any atom is -0.349 e. The van der Waals surface area contributed by atoms with Crippen molar-refractivity contribution in [2.45, 2.75) is 25.8 Å². The van der Waals surface area contributed by atoms with Crippen LogP contribution < -0.4 is 10.6 Å². The molecule has 1 fully saturated rings. The lowest BCUT2D eigenvalue weighted by Gasteiger charge is -2.29. The van der Waals surface area contributed by atoms with Gasteiger partial charge in [-0.2, -0.15) is 0 Å². The molecule has 19 heavy (non-hydrogen) atoms. The second-order valence-corrected chi connectivity index (χ2v) is 5.26. The van der Waals surface area contributed by atoms with Gasteiger partial charge in [-0.05, 0) is 50.9 Å². The van der Waals surface area contributed by atoms with E-state index in [0.29, 0.717) is 16.5 Å². The summed E-state index contributed by atoms with van der Waals surface area (Å²) in [4.78, 5) is 12.1. The second-order valence-electron chi connectivity index (χ2n) is 4.85. The molecule has 2 rings (SSSR count). The predicted molar refractivity (Wildman–Crippen MR) is 81.2 cm³/mol. The van der Waals surface area contributed by atoms with Gasteiger partial charge in [0.15, 0.2) is 0 Å².